The Labute approximate surface area is 210 Å². The summed E-state index contributed by atoms with van der Waals surface area (Å²) in [5, 5.41) is 3.41. The highest BCUT2D eigenvalue weighted by atomic mass is 32.2. The summed E-state index contributed by atoms with van der Waals surface area (Å²) in [5.74, 6) is 1.25. The zero-order valence-electron chi connectivity index (χ0n) is 22.5. The minimum absolute atomic E-state index is 0.0142. The number of nitrogens with one attached hydrogen (secondary N) is 1. The van der Waals surface area contributed by atoms with Gasteiger partial charge in [-0.2, -0.15) is 11.8 Å². The van der Waals surface area contributed by atoms with E-state index in [1.54, 1.807) is 16.7 Å². The van der Waals surface area contributed by atoms with Crippen LogP contribution in [0.4, 0.5) is 10.6 Å². The van der Waals surface area contributed by atoms with E-state index in [9.17, 15) is 9.59 Å². The summed E-state index contributed by atoms with van der Waals surface area (Å²) in [5.41, 5.74) is 6.96. The van der Waals surface area contributed by atoms with Crippen molar-refractivity contribution in [1.29, 1.82) is 0 Å². The second-order valence-electron chi connectivity index (χ2n) is 8.37. The molecule has 2 heterocycles. The van der Waals surface area contributed by atoms with E-state index in [1.165, 1.54) is 12.5 Å². The first-order chi connectivity index (χ1) is 16.2. The average molecular weight is 496 g/mol. The van der Waals surface area contributed by atoms with Crippen LogP contribution in [0, 0.1) is 0 Å². The van der Waals surface area contributed by atoms with E-state index in [-0.39, 0.29) is 17.9 Å². The summed E-state index contributed by atoms with van der Waals surface area (Å²) in [6.07, 6.45) is 6.64. The van der Waals surface area contributed by atoms with E-state index in [2.05, 4.69) is 15.3 Å². The van der Waals surface area contributed by atoms with E-state index < -0.39 is 5.60 Å². The van der Waals surface area contributed by atoms with Crippen molar-refractivity contribution in [3.8, 4) is 0 Å². The van der Waals surface area contributed by atoms with Crippen LogP contribution in [0.25, 0.3) is 5.57 Å². The average Bonchev–Trinajstić information content (AvgIpc) is 2.83. The van der Waals surface area contributed by atoms with Gasteiger partial charge < -0.3 is 20.7 Å². The van der Waals surface area contributed by atoms with Crippen molar-refractivity contribution < 1.29 is 14.3 Å². The molecule has 1 atom stereocenters. The molecule has 194 valence electrons. The largest absolute Gasteiger partial charge is 0.444 e. The van der Waals surface area contributed by atoms with Gasteiger partial charge in [-0.1, -0.05) is 27.7 Å². The predicted octanol–water partition coefficient (Wildman–Crippen LogP) is 5.60. The van der Waals surface area contributed by atoms with Crippen molar-refractivity contribution in [2.75, 3.05) is 30.4 Å². The minimum atomic E-state index is -0.535. The molecule has 0 bridgehead atoms. The van der Waals surface area contributed by atoms with E-state index in [4.69, 9.17) is 10.5 Å². The first-order valence-corrected chi connectivity index (χ1v) is 13.6. The maximum absolute atomic E-state index is 12.7. The highest BCUT2D eigenvalue weighted by Gasteiger charge is 2.29. The van der Waals surface area contributed by atoms with Crippen molar-refractivity contribution in [3.05, 3.63) is 23.8 Å². The van der Waals surface area contributed by atoms with Gasteiger partial charge in [0.25, 0.3) is 0 Å². The number of nitrogens with two attached hydrogens (primary N) is 1. The molecule has 2 rings (SSSR count). The van der Waals surface area contributed by atoms with Crippen molar-refractivity contribution >= 4 is 35.0 Å². The van der Waals surface area contributed by atoms with Gasteiger partial charge in [-0.3, -0.25) is 4.79 Å². The number of amides is 1. The Hall–Kier alpha value is -2.29. The number of rotatable bonds is 7. The zero-order valence-corrected chi connectivity index (χ0v) is 23.3. The number of likely N-dealkylation sites (tertiary alicyclic amines) is 1. The number of carbonyl (C=O) groups excluding carboxylic acids is 2. The Morgan fingerprint density at radius 1 is 1.26 bits per heavy atom. The van der Waals surface area contributed by atoms with Gasteiger partial charge in [-0.05, 0) is 58.6 Å². The highest BCUT2D eigenvalue weighted by Crippen LogP contribution is 2.27. The number of piperidine rings is 1. The third kappa shape index (κ3) is 10.3. The lowest BCUT2D eigenvalue weighted by Crippen LogP contribution is -2.47. The van der Waals surface area contributed by atoms with E-state index in [0.717, 1.165) is 24.2 Å². The Bertz CT molecular complexity index is 793. The SMILES string of the molecule is CC.CC.CSCCC(=O)c1ncnc(NC2CCCN(C(=O)OC(C)(C)C)C2)c1/C(C)=C\N. The number of ether oxygens (including phenoxy) is 1. The molecule has 9 heteroatoms. The lowest BCUT2D eigenvalue weighted by molar-refractivity contribution is 0.0206. The van der Waals surface area contributed by atoms with Crippen LogP contribution in [0.15, 0.2) is 12.5 Å². The Kier molecular flexibility index (Phi) is 15.3. The van der Waals surface area contributed by atoms with Crippen LogP contribution in [-0.2, 0) is 4.74 Å². The van der Waals surface area contributed by atoms with Crippen LogP contribution in [0.1, 0.15) is 90.7 Å². The van der Waals surface area contributed by atoms with Gasteiger partial charge in [0.1, 0.15) is 23.4 Å². The number of Topliss-reactive ketones (excluding diaryl/α,β-unsaturated/α-hetero) is 1. The number of nitrogens with zero attached hydrogens (tertiary/aromatic N) is 3. The molecule has 0 radical (unpaired) electrons. The molecule has 0 saturated carbocycles. The quantitative estimate of drug-likeness (QED) is 0.471. The smallest absolute Gasteiger partial charge is 0.410 e. The Morgan fingerprint density at radius 3 is 2.47 bits per heavy atom. The van der Waals surface area contributed by atoms with Crippen molar-refractivity contribution in [2.45, 2.75) is 86.3 Å². The normalized spacial score (nSPS) is 15.9. The van der Waals surface area contributed by atoms with Crippen LogP contribution < -0.4 is 11.1 Å². The lowest BCUT2D eigenvalue weighted by Gasteiger charge is -2.35. The third-order valence-electron chi connectivity index (χ3n) is 4.70. The number of hydrogen-bond acceptors (Lipinski definition) is 8. The van der Waals surface area contributed by atoms with Crippen LogP contribution in [-0.4, -0.2) is 63.5 Å². The molecule has 1 amide bonds. The fraction of sp³-hybridized carbons (Fsp3) is 0.680. The van der Waals surface area contributed by atoms with Crippen LogP contribution >= 0.6 is 11.8 Å². The third-order valence-corrected chi connectivity index (χ3v) is 5.32. The topological polar surface area (TPSA) is 110 Å². The zero-order chi connectivity index (χ0) is 26.3. The molecule has 1 aliphatic heterocycles. The summed E-state index contributed by atoms with van der Waals surface area (Å²) in [6, 6.07) is -0.0142. The van der Waals surface area contributed by atoms with E-state index in [1.807, 2.05) is 61.6 Å². The molecule has 1 saturated heterocycles. The standard InChI is InChI=1S/C21H33N5O3S.2C2H6/c1-14(11-22)17-18(16(27)8-10-30-5)23-13-24-19(17)25-15-7-6-9-26(12-15)20(28)29-21(2,3)4;2*1-2/h11,13,15H,6-10,12,22H2,1-5H3,(H,23,24,25);2*1-2H3/b14-11-;;. The second kappa shape index (κ2) is 16.4. The molecular weight excluding hydrogens is 450 g/mol. The van der Waals surface area contributed by atoms with Crippen molar-refractivity contribution in [1.82, 2.24) is 14.9 Å². The number of aromatic nitrogens is 2. The summed E-state index contributed by atoms with van der Waals surface area (Å²) in [6.45, 7) is 16.6. The number of ketones is 1. The predicted molar refractivity (Wildman–Crippen MR) is 144 cm³/mol. The Morgan fingerprint density at radius 2 is 1.91 bits per heavy atom. The molecule has 1 aliphatic rings. The number of hydrogen-bond donors (Lipinski definition) is 2. The fourth-order valence-electron chi connectivity index (χ4n) is 3.26. The van der Waals surface area contributed by atoms with Gasteiger partial charge in [-0.25, -0.2) is 14.8 Å². The second-order valence-corrected chi connectivity index (χ2v) is 9.36. The molecule has 3 N–H and O–H groups in total. The molecule has 1 fully saturated rings. The van der Waals surface area contributed by atoms with Gasteiger partial charge in [-0.15, -0.1) is 0 Å². The maximum atomic E-state index is 12.7. The van der Waals surface area contributed by atoms with Gasteiger partial charge in [0, 0.05) is 31.3 Å². The summed E-state index contributed by atoms with van der Waals surface area (Å²) in [7, 11) is 0. The molecule has 1 unspecified atom stereocenters. The first-order valence-electron chi connectivity index (χ1n) is 12.2. The molecule has 0 aromatic carbocycles. The van der Waals surface area contributed by atoms with Gasteiger partial charge in [0.2, 0.25) is 0 Å². The van der Waals surface area contributed by atoms with E-state index in [0.29, 0.717) is 36.6 Å². The highest BCUT2D eigenvalue weighted by molar-refractivity contribution is 7.98. The lowest BCUT2D eigenvalue weighted by atomic mass is 10.0. The molecule has 0 aliphatic carbocycles. The molecule has 8 nitrogen and oxygen atoms in total. The van der Waals surface area contributed by atoms with E-state index >= 15 is 0 Å². The van der Waals surface area contributed by atoms with Gasteiger partial charge in [0.05, 0.1) is 5.56 Å². The summed E-state index contributed by atoms with van der Waals surface area (Å²) >= 11 is 1.62. The van der Waals surface area contributed by atoms with Gasteiger partial charge >= 0.3 is 6.09 Å². The molecule has 34 heavy (non-hydrogen) atoms. The van der Waals surface area contributed by atoms with Crippen LogP contribution in [0.3, 0.4) is 0 Å². The molecule has 0 spiro atoms. The van der Waals surface area contributed by atoms with Crippen LogP contribution in [0.2, 0.25) is 0 Å². The maximum Gasteiger partial charge on any atom is 0.410 e. The fourth-order valence-corrected chi connectivity index (χ4v) is 3.65. The Balaban J connectivity index is 0.00000258. The number of thioether (sulfide) groups is 1. The number of anilines is 1. The van der Waals surface area contributed by atoms with Crippen molar-refractivity contribution in [2.24, 2.45) is 5.73 Å². The first kappa shape index (κ1) is 31.7. The monoisotopic (exact) mass is 495 g/mol. The molecule has 1 aromatic heterocycles. The molecular formula is C25H45N5O3S. The molecule has 1 aromatic rings. The minimum Gasteiger partial charge on any atom is -0.444 e. The summed E-state index contributed by atoms with van der Waals surface area (Å²) < 4.78 is 5.50. The van der Waals surface area contributed by atoms with Crippen molar-refractivity contribution in [3.63, 3.8) is 0 Å². The number of allylic oxidation sites excluding steroid dienone is 1. The number of carbonyl (C=O) groups is 2. The van der Waals surface area contributed by atoms with Gasteiger partial charge in [0.15, 0.2) is 5.78 Å². The van der Waals surface area contributed by atoms with Crippen LogP contribution in [0.5, 0.6) is 0 Å². The summed E-state index contributed by atoms with van der Waals surface area (Å²) in [4.78, 5) is 35.5.